The Morgan fingerprint density at radius 3 is 2.39 bits per heavy atom. The molecule has 0 saturated carbocycles. The fourth-order valence-electron chi connectivity index (χ4n) is 4.38. The zero-order valence-corrected chi connectivity index (χ0v) is 21.3. The van der Waals surface area contributed by atoms with Crippen molar-refractivity contribution in [2.75, 3.05) is 58.3 Å². The van der Waals surface area contributed by atoms with E-state index in [1.807, 2.05) is 4.90 Å². The topological polar surface area (TPSA) is 77.1 Å². The number of thiazole rings is 1. The van der Waals surface area contributed by atoms with Gasteiger partial charge >= 0.3 is 0 Å². The molecule has 10 heteroatoms. The van der Waals surface area contributed by atoms with E-state index in [1.54, 1.807) is 29.5 Å². The fourth-order valence-corrected chi connectivity index (χ4v) is 6.05. The van der Waals surface area contributed by atoms with Crippen LogP contribution in [0, 0.1) is 0 Å². The van der Waals surface area contributed by atoms with Crippen LogP contribution in [-0.4, -0.2) is 86.8 Å². The number of anilines is 1. The van der Waals surface area contributed by atoms with Crippen LogP contribution in [0.3, 0.4) is 0 Å². The molecule has 180 valence electrons. The Balaban J connectivity index is 1.51. The van der Waals surface area contributed by atoms with Crippen molar-refractivity contribution >= 4 is 33.0 Å². The highest BCUT2D eigenvalue weighted by atomic mass is 32.2. The van der Waals surface area contributed by atoms with Crippen LogP contribution in [0.2, 0.25) is 0 Å². The molecular weight excluding hydrogens is 458 g/mol. The molecule has 4 rings (SSSR count). The Morgan fingerprint density at radius 2 is 1.79 bits per heavy atom. The lowest BCUT2D eigenvalue weighted by Gasteiger charge is -2.35. The number of hydrogen-bond acceptors (Lipinski definition) is 7. The highest BCUT2D eigenvalue weighted by molar-refractivity contribution is 7.89. The number of aromatic nitrogens is 1. The van der Waals surface area contributed by atoms with Gasteiger partial charge in [0, 0.05) is 71.0 Å². The maximum Gasteiger partial charge on any atom is 0.256 e. The average Bonchev–Trinajstić information content (AvgIpc) is 3.51. The number of carbonyl (C=O) groups excluding carboxylic acids is 1. The van der Waals surface area contributed by atoms with Crippen molar-refractivity contribution < 1.29 is 13.2 Å². The van der Waals surface area contributed by atoms with Crippen molar-refractivity contribution in [2.24, 2.45) is 0 Å². The smallest absolute Gasteiger partial charge is 0.256 e. The van der Waals surface area contributed by atoms with Gasteiger partial charge in [-0.2, -0.15) is 0 Å². The molecule has 2 saturated heterocycles. The average molecular weight is 492 g/mol. The monoisotopic (exact) mass is 491 g/mol. The second kappa shape index (κ2) is 10.1. The number of nitrogens with zero attached hydrogens (tertiary/aromatic N) is 5. The number of rotatable bonds is 7. The van der Waals surface area contributed by atoms with Crippen LogP contribution < -0.4 is 4.90 Å². The van der Waals surface area contributed by atoms with Crippen LogP contribution in [0.4, 0.5) is 5.69 Å². The van der Waals surface area contributed by atoms with E-state index in [4.69, 9.17) is 0 Å². The van der Waals surface area contributed by atoms with E-state index in [1.165, 1.54) is 18.4 Å². The first-order chi connectivity index (χ1) is 15.8. The zero-order valence-electron chi connectivity index (χ0n) is 19.7. The molecule has 0 atom stereocenters. The van der Waals surface area contributed by atoms with Crippen molar-refractivity contribution in [1.82, 2.24) is 19.1 Å². The van der Waals surface area contributed by atoms with Gasteiger partial charge in [-0.3, -0.25) is 9.69 Å². The fraction of sp³-hybridized carbons (Fsp3) is 0.565. The molecule has 0 aliphatic carbocycles. The summed E-state index contributed by atoms with van der Waals surface area (Å²) < 4.78 is 26.7. The number of benzene rings is 1. The minimum atomic E-state index is -3.62. The summed E-state index contributed by atoms with van der Waals surface area (Å²) >= 11 is 1.70. The first kappa shape index (κ1) is 24.1. The highest BCUT2D eigenvalue weighted by Gasteiger charge is 2.29. The number of piperazine rings is 1. The van der Waals surface area contributed by atoms with Gasteiger partial charge in [0.15, 0.2) is 0 Å². The third-order valence-corrected chi connectivity index (χ3v) is 9.22. The van der Waals surface area contributed by atoms with Gasteiger partial charge < -0.3 is 9.80 Å². The quantitative estimate of drug-likeness (QED) is 0.592. The van der Waals surface area contributed by atoms with E-state index in [-0.39, 0.29) is 10.8 Å². The molecule has 0 spiro atoms. The first-order valence-electron chi connectivity index (χ1n) is 11.6. The number of carbonyl (C=O) groups is 1. The molecule has 0 radical (unpaired) electrons. The van der Waals surface area contributed by atoms with Crippen molar-refractivity contribution in [3.05, 3.63) is 39.8 Å². The second-order valence-electron chi connectivity index (χ2n) is 8.82. The summed E-state index contributed by atoms with van der Waals surface area (Å²) in [5.41, 5.74) is 2.42. The zero-order chi connectivity index (χ0) is 23.6. The van der Waals surface area contributed by atoms with Gasteiger partial charge in [-0.1, -0.05) is 6.92 Å². The van der Waals surface area contributed by atoms with Crippen LogP contribution in [0.25, 0.3) is 0 Å². The molecular formula is C23H33N5O3S2. The molecule has 0 bridgehead atoms. The largest absolute Gasteiger partial charge is 0.371 e. The molecule has 0 unspecified atom stereocenters. The summed E-state index contributed by atoms with van der Waals surface area (Å²) in [6, 6.07) is 4.99. The summed E-state index contributed by atoms with van der Waals surface area (Å²) in [5.74, 6) is -0.0886. The standard InChI is InChI=1S/C23H33N5O3S2/c1-4-22-24-18(17-32-22)16-26-11-13-28(14-12-26)23(29)20-15-19(33(30,31)25(2)3)7-8-21(20)27-9-5-6-10-27/h7-8,15,17H,4-6,9-14,16H2,1-3H3. The molecule has 2 fully saturated rings. The molecule has 1 aromatic heterocycles. The van der Waals surface area contributed by atoms with Gasteiger partial charge in [0.1, 0.15) is 0 Å². The summed E-state index contributed by atoms with van der Waals surface area (Å²) in [4.78, 5) is 24.8. The van der Waals surface area contributed by atoms with Gasteiger partial charge in [0.05, 0.1) is 21.2 Å². The Labute approximate surface area is 200 Å². The lowest BCUT2D eigenvalue weighted by atomic mass is 10.1. The summed E-state index contributed by atoms with van der Waals surface area (Å²) in [6.07, 6.45) is 3.12. The summed E-state index contributed by atoms with van der Waals surface area (Å²) in [6.45, 7) is 7.49. The molecule has 1 amide bonds. The van der Waals surface area contributed by atoms with Crippen molar-refractivity contribution in [3.63, 3.8) is 0 Å². The van der Waals surface area contributed by atoms with Gasteiger partial charge in [0.25, 0.3) is 5.91 Å². The summed E-state index contributed by atoms with van der Waals surface area (Å²) in [7, 11) is -0.597. The third kappa shape index (κ3) is 5.24. The Bertz CT molecular complexity index is 1090. The van der Waals surface area contributed by atoms with Crippen LogP contribution in [-0.2, 0) is 23.0 Å². The predicted octanol–water partition coefficient (Wildman–Crippen LogP) is 2.51. The van der Waals surface area contributed by atoms with E-state index in [0.717, 1.165) is 68.4 Å². The predicted molar refractivity (Wildman–Crippen MR) is 131 cm³/mol. The summed E-state index contributed by atoms with van der Waals surface area (Å²) in [5, 5.41) is 3.27. The highest BCUT2D eigenvalue weighted by Crippen LogP contribution is 2.29. The van der Waals surface area contributed by atoms with Gasteiger partial charge in [-0.15, -0.1) is 11.3 Å². The molecule has 8 nitrogen and oxygen atoms in total. The maximum absolute atomic E-state index is 13.6. The maximum atomic E-state index is 13.6. The van der Waals surface area contributed by atoms with Crippen LogP contribution >= 0.6 is 11.3 Å². The van der Waals surface area contributed by atoms with Gasteiger partial charge in [-0.25, -0.2) is 17.7 Å². The van der Waals surface area contributed by atoms with Gasteiger partial charge in [0.2, 0.25) is 10.0 Å². The molecule has 1 aromatic carbocycles. The van der Waals surface area contributed by atoms with Crippen LogP contribution in [0.1, 0.15) is 40.8 Å². The Morgan fingerprint density at radius 1 is 1.09 bits per heavy atom. The van der Waals surface area contributed by atoms with Gasteiger partial charge in [-0.05, 0) is 37.5 Å². The van der Waals surface area contributed by atoms with E-state index < -0.39 is 10.0 Å². The Hall–Kier alpha value is -2.01. The van der Waals surface area contributed by atoms with Crippen molar-refractivity contribution in [1.29, 1.82) is 0 Å². The molecule has 33 heavy (non-hydrogen) atoms. The third-order valence-electron chi connectivity index (χ3n) is 6.37. The van der Waals surface area contributed by atoms with E-state index >= 15 is 0 Å². The molecule has 2 aliphatic rings. The number of amides is 1. The Kier molecular flexibility index (Phi) is 7.37. The van der Waals surface area contributed by atoms with Crippen molar-refractivity contribution in [2.45, 2.75) is 37.6 Å². The van der Waals surface area contributed by atoms with E-state index in [0.29, 0.717) is 18.7 Å². The number of hydrogen-bond donors (Lipinski definition) is 0. The second-order valence-corrected chi connectivity index (χ2v) is 11.9. The van der Waals surface area contributed by atoms with Crippen LogP contribution in [0.5, 0.6) is 0 Å². The van der Waals surface area contributed by atoms with Crippen molar-refractivity contribution in [3.8, 4) is 0 Å². The SMILES string of the molecule is CCc1nc(CN2CCN(C(=O)c3cc(S(=O)(=O)N(C)C)ccc3N3CCCC3)CC2)cs1. The molecule has 3 heterocycles. The molecule has 2 aromatic rings. The molecule has 0 N–H and O–H groups in total. The number of aryl methyl sites for hydroxylation is 1. The van der Waals surface area contributed by atoms with Crippen LogP contribution in [0.15, 0.2) is 28.5 Å². The van der Waals surface area contributed by atoms with E-state index in [9.17, 15) is 13.2 Å². The molecule has 2 aliphatic heterocycles. The van der Waals surface area contributed by atoms with E-state index in [2.05, 4.69) is 27.1 Å². The lowest BCUT2D eigenvalue weighted by molar-refractivity contribution is 0.0627. The first-order valence-corrected chi connectivity index (χ1v) is 13.9. The minimum absolute atomic E-state index is 0.0886. The minimum Gasteiger partial charge on any atom is -0.371 e. The lowest BCUT2D eigenvalue weighted by Crippen LogP contribution is -2.48. The number of sulfonamides is 1. The normalized spacial score (nSPS) is 17.8.